The lowest BCUT2D eigenvalue weighted by atomic mass is 10.1. The fourth-order valence-corrected chi connectivity index (χ4v) is 2.17. The van der Waals surface area contributed by atoms with E-state index in [4.69, 9.17) is 16.3 Å². The summed E-state index contributed by atoms with van der Waals surface area (Å²) in [5.74, 6) is 0.923. The van der Waals surface area contributed by atoms with E-state index in [2.05, 4.69) is 31.3 Å². The predicted molar refractivity (Wildman–Crippen MR) is 90.3 cm³/mol. The third kappa shape index (κ3) is 4.40. The molecule has 0 radical (unpaired) electrons. The molecular weight excluding hydrogens is 282 g/mol. The fraction of sp³-hybridized carbons (Fsp3) is 0.333. The van der Waals surface area contributed by atoms with E-state index in [0.717, 1.165) is 35.0 Å². The van der Waals surface area contributed by atoms with E-state index >= 15 is 0 Å². The normalized spacial score (nSPS) is 12.0. The number of halogens is 1. The van der Waals surface area contributed by atoms with Gasteiger partial charge in [0.1, 0.15) is 5.75 Å². The van der Waals surface area contributed by atoms with Crippen LogP contribution < -0.4 is 10.1 Å². The molecule has 2 aromatic rings. The van der Waals surface area contributed by atoms with E-state index in [0.29, 0.717) is 0 Å². The van der Waals surface area contributed by atoms with Gasteiger partial charge in [0.05, 0.1) is 6.10 Å². The summed E-state index contributed by atoms with van der Waals surface area (Å²) in [6, 6.07) is 14.1. The van der Waals surface area contributed by atoms with E-state index in [-0.39, 0.29) is 6.10 Å². The molecule has 0 heterocycles. The quantitative estimate of drug-likeness (QED) is 0.767. The summed E-state index contributed by atoms with van der Waals surface area (Å²) < 4.78 is 5.78. The first kappa shape index (κ1) is 15.7. The molecule has 0 fully saturated rings. The summed E-state index contributed by atoms with van der Waals surface area (Å²) >= 11 is 6.12. The van der Waals surface area contributed by atoms with Gasteiger partial charge >= 0.3 is 0 Å². The molecule has 2 nitrogen and oxygen atoms in total. The minimum Gasteiger partial charge on any atom is -0.491 e. The van der Waals surface area contributed by atoms with Gasteiger partial charge in [-0.1, -0.05) is 36.7 Å². The minimum absolute atomic E-state index is 0.253. The van der Waals surface area contributed by atoms with Gasteiger partial charge in [-0.15, -0.1) is 0 Å². The lowest BCUT2D eigenvalue weighted by Crippen LogP contribution is -2.09. The van der Waals surface area contributed by atoms with Crippen molar-refractivity contribution in [2.45, 2.75) is 39.8 Å². The van der Waals surface area contributed by atoms with Gasteiger partial charge in [-0.2, -0.15) is 0 Å². The summed E-state index contributed by atoms with van der Waals surface area (Å²) in [6.07, 6.45) is 1.26. The van der Waals surface area contributed by atoms with Crippen LogP contribution in [0.4, 0.5) is 5.69 Å². The smallest absolute Gasteiger partial charge is 0.119 e. The highest BCUT2D eigenvalue weighted by atomic mass is 35.5. The average Bonchev–Trinajstić information content (AvgIpc) is 2.50. The molecule has 0 bridgehead atoms. The number of hydrogen-bond donors (Lipinski definition) is 1. The molecular formula is C18H22ClNO. The molecule has 2 rings (SSSR count). The molecule has 2 aromatic carbocycles. The molecule has 21 heavy (non-hydrogen) atoms. The number of anilines is 1. The third-order valence-electron chi connectivity index (χ3n) is 3.59. The highest BCUT2D eigenvalue weighted by Crippen LogP contribution is 2.23. The molecule has 1 unspecified atom stereocenters. The van der Waals surface area contributed by atoms with Crippen LogP contribution in [0.3, 0.4) is 0 Å². The van der Waals surface area contributed by atoms with E-state index in [1.165, 1.54) is 5.56 Å². The lowest BCUT2D eigenvalue weighted by molar-refractivity contribution is 0.217. The van der Waals surface area contributed by atoms with Crippen molar-refractivity contribution < 1.29 is 4.74 Å². The van der Waals surface area contributed by atoms with Crippen LogP contribution in [0, 0.1) is 6.92 Å². The van der Waals surface area contributed by atoms with Crippen LogP contribution >= 0.6 is 11.6 Å². The number of benzene rings is 2. The van der Waals surface area contributed by atoms with Crippen molar-refractivity contribution in [2.24, 2.45) is 0 Å². The molecule has 1 atom stereocenters. The van der Waals surface area contributed by atoms with Crippen LogP contribution in [0.1, 0.15) is 31.4 Å². The summed E-state index contributed by atoms with van der Waals surface area (Å²) in [6.45, 7) is 6.99. The zero-order valence-electron chi connectivity index (χ0n) is 12.8. The monoisotopic (exact) mass is 303 g/mol. The van der Waals surface area contributed by atoms with Crippen molar-refractivity contribution >= 4 is 17.3 Å². The van der Waals surface area contributed by atoms with Crippen molar-refractivity contribution in [1.29, 1.82) is 0 Å². The zero-order valence-corrected chi connectivity index (χ0v) is 13.6. The highest BCUT2D eigenvalue weighted by Gasteiger charge is 2.03. The Kier molecular flexibility index (Phi) is 5.51. The molecule has 0 saturated heterocycles. The van der Waals surface area contributed by atoms with Crippen LogP contribution in [-0.2, 0) is 6.54 Å². The second kappa shape index (κ2) is 7.37. The lowest BCUT2D eigenvalue weighted by Gasteiger charge is -2.14. The summed E-state index contributed by atoms with van der Waals surface area (Å²) in [5.41, 5.74) is 3.36. The van der Waals surface area contributed by atoms with Gasteiger partial charge in [0.2, 0.25) is 0 Å². The summed E-state index contributed by atoms with van der Waals surface area (Å²) in [5, 5.41) is 4.21. The van der Waals surface area contributed by atoms with E-state index in [1.54, 1.807) is 0 Å². The maximum absolute atomic E-state index is 6.12. The molecule has 0 spiro atoms. The van der Waals surface area contributed by atoms with E-state index in [1.807, 2.05) is 37.3 Å². The van der Waals surface area contributed by atoms with Crippen LogP contribution in [0.2, 0.25) is 5.02 Å². The first-order chi connectivity index (χ1) is 10.1. The molecule has 0 aliphatic carbocycles. The Morgan fingerprint density at radius 1 is 1.14 bits per heavy atom. The molecule has 112 valence electrons. The Labute approximate surface area is 132 Å². The number of ether oxygens (including phenoxy) is 1. The second-order valence-corrected chi connectivity index (χ2v) is 5.65. The second-order valence-electron chi connectivity index (χ2n) is 5.25. The number of hydrogen-bond acceptors (Lipinski definition) is 2. The fourth-order valence-electron chi connectivity index (χ4n) is 2.00. The standard InChI is InChI=1S/C18H22ClNO/c1-4-13(2)21-16-10-8-15(9-11-16)12-20-18-7-5-6-17(19)14(18)3/h5-11,13,20H,4,12H2,1-3H3. The first-order valence-corrected chi connectivity index (χ1v) is 7.72. The van der Waals surface area contributed by atoms with Gasteiger partial charge in [-0.25, -0.2) is 0 Å². The average molecular weight is 304 g/mol. The van der Waals surface area contributed by atoms with Crippen LogP contribution in [0.5, 0.6) is 5.75 Å². The molecule has 0 aromatic heterocycles. The summed E-state index contributed by atoms with van der Waals surface area (Å²) in [7, 11) is 0. The molecule has 1 N–H and O–H groups in total. The number of nitrogens with one attached hydrogen (secondary N) is 1. The van der Waals surface area contributed by atoms with Gasteiger partial charge in [-0.3, -0.25) is 0 Å². The van der Waals surface area contributed by atoms with E-state index < -0.39 is 0 Å². The van der Waals surface area contributed by atoms with Gasteiger partial charge < -0.3 is 10.1 Å². The SMILES string of the molecule is CCC(C)Oc1ccc(CNc2cccc(Cl)c2C)cc1. The molecule has 0 aliphatic heterocycles. The van der Waals surface area contributed by atoms with Crippen molar-refractivity contribution in [3.8, 4) is 5.75 Å². The Balaban J connectivity index is 1.96. The predicted octanol–water partition coefficient (Wildman–Crippen LogP) is 5.44. The maximum Gasteiger partial charge on any atom is 0.119 e. The van der Waals surface area contributed by atoms with Crippen LogP contribution in [0.25, 0.3) is 0 Å². The Hall–Kier alpha value is -1.67. The van der Waals surface area contributed by atoms with Crippen molar-refractivity contribution in [1.82, 2.24) is 0 Å². The van der Waals surface area contributed by atoms with Gasteiger partial charge in [0.25, 0.3) is 0 Å². The molecule has 0 amide bonds. The van der Waals surface area contributed by atoms with Gasteiger partial charge in [0.15, 0.2) is 0 Å². The highest BCUT2D eigenvalue weighted by molar-refractivity contribution is 6.31. The van der Waals surface area contributed by atoms with Crippen LogP contribution in [-0.4, -0.2) is 6.10 Å². The zero-order chi connectivity index (χ0) is 15.2. The Bertz CT molecular complexity index is 580. The van der Waals surface area contributed by atoms with Crippen molar-refractivity contribution in [3.63, 3.8) is 0 Å². The van der Waals surface area contributed by atoms with Gasteiger partial charge in [-0.05, 0) is 55.7 Å². The van der Waals surface area contributed by atoms with Crippen molar-refractivity contribution in [2.75, 3.05) is 5.32 Å². The largest absolute Gasteiger partial charge is 0.491 e. The van der Waals surface area contributed by atoms with Gasteiger partial charge in [0, 0.05) is 17.3 Å². The Morgan fingerprint density at radius 2 is 1.86 bits per heavy atom. The first-order valence-electron chi connectivity index (χ1n) is 7.34. The maximum atomic E-state index is 6.12. The Morgan fingerprint density at radius 3 is 2.52 bits per heavy atom. The molecule has 3 heteroatoms. The molecule has 0 aliphatic rings. The van der Waals surface area contributed by atoms with Crippen LogP contribution in [0.15, 0.2) is 42.5 Å². The number of rotatable bonds is 6. The van der Waals surface area contributed by atoms with E-state index in [9.17, 15) is 0 Å². The summed E-state index contributed by atoms with van der Waals surface area (Å²) in [4.78, 5) is 0. The van der Waals surface area contributed by atoms with Crippen molar-refractivity contribution in [3.05, 3.63) is 58.6 Å². The molecule has 0 saturated carbocycles. The topological polar surface area (TPSA) is 21.3 Å². The third-order valence-corrected chi connectivity index (χ3v) is 4.00. The minimum atomic E-state index is 0.253.